The molecule has 3 amide bonds. The molecule has 2 aliphatic heterocycles. The average Bonchev–Trinajstić information content (AvgIpc) is 3.38. The fourth-order valence-electron chi connectivity index (χ4n) is 4.72. The normalized spacial score (nSPS) is 17.1. The molecular weight excluding hydrogens is 450 g/mol. The van der Waals surface area contributed by atoms with Gasteiger partial charge >= 0.3 is 6.03 Å². The van der Waals surface area contributed by atoms with Gasteiger partial charge in [0.1, 0.15) is 6.54 Å². The van der Waals surface area contributed by atoms with Crippen LogP contribution in [0.5, 0.6) is 0 Å². The van der Waals surface area contributed by atoms with Crippen molar-refractivity contribution < 1.29 is 18.0 Å². The SMILES string of the molecule is Cc1ccc(S(=O)(=O)N(CC(=O)N2CCC(Cc3ccccc3)CC2)C(=O)N2CCCC2)cc1. The molecule has 2 saturated heterocycles. The molecule has 0 bridgehead atoms. The van der Waals surface area contributed by atoms with Crippen LogP contribution >= 0.6 is 0 Å². The van der Waals surface area contributed by atoms with Crippen LogP contribution < -0.4 is 0 Å². The topological polar surface area (TPSA) is 78.0 Å². The van der Waals surface area contributed by atoms with Crippen molar-refractivity contribution in [3.05, 3.63) is 65.7 Å². The third-order valence-electron chi connectivity index (χ3n) is 6.81. The molecule has 0 radical (unpaired) electrons. The van der Waals surface area contributed by atoms with E-state index in [-0.39, 0.29) is 10.8 Å². The number of benzene rings is 2. The zero-order valence-corrected chi connectivity index (χ0v) is 20.5. The van der Waals surface area contributed by atoms with Gasteiger partial charge in [-0.1, -0.05) is 48.0 Å². The number of nitrogens with zero attached hydrogens (tertiary/aromatic N) is 3. The van der Waals surface area contributed by atoms with Crippen LogP contribution in [0.3, 0.4) is 0 Å². The molecule has 2 heterocycles. The van der Waals surface area contributed by atoms with Crippen LogP contribution in [0.15, 0.2) is 59.5 Å². The van der Waals surface area contributed by atoms with Gasteiger partial charge in [-0.05, 0) is 62.6 Å². The number of hydrogen-bond acceptors (Lipinski definition) is 4. The van der Waals surface area contributed by atoms with E-state index in [9.17, 15) is 18.0 Å². The van der Waals surface area contributed by atoms with Crippen LogP contribution in [0.2, 0.25) is 0 Å². The first-order valence-corrected chi connectivity index (χ1v) is 13.5. The van der Waals surface area contributed by atoms with Gasteiger partial charge in [0.15, 0.2) is 0 Å². The van der Waals surface area contributed by atoms with Gasteiger partial charge in [0.25, 0.3) is 10.0 Å². The van der Waals surface area contributed by atoms with Crippen LogP contribution in [0, 0.1) is 12.8 Å². The molecule has 0 N–H and O–H groups in total. The minimum Gasteiger partial charge on any atom is -0.341 e. The molecule has 0 spiro atoms. The Hall–Kier alpha value is -2.87. The standard InChI is InChI=1S/C26H33N3O4S/c1-21-9-11-24(12-10-21)34(32,33)29(26(31)28-15-5-6-16-28)20-25(30)27-17-13-23(14-18-27)19-22-7-3-2-4-8-22/h2-4,7-12,23H,5-6,13-20H2,1H3. The summed E-state index contributed by atoms with van der Waals surface area (Å²) in [6.45, 7) is 3.58. The molecular formula is C26H33N3O4S. The zero-order chi connectivity index (χ0) is 24.1. The summed E-state index contributed by atoms with van der Waals surface area (Å²) >= 11 is 0. The van der Waals surface area contributed by atoms with Crippen molar-refractivity contribution in [2.45, 2.75) is 43.9 Å². The molecule has 0 aliphatic carbocycles. The number of carbonyl (C=O) groups is 2. The Bertz CT molecular complexity index is 1090. The molecule has 0 unspecified atom stereocenters. The van der Waals surface area contributed by atoms with Gasteiger partial charge in [-0.25, -0.2) is 17.5 Å². The molecule has 0 aromatic heterocycles. The number of carbonyl (C=O) groups excluding carboxylic acids is 2. The third kappa shape index (κ3) is 5.60. The quantitative estimate of drug-likeness (QED) is 0.628. The molecule has 7 nitrogen and oxygen atoms in total. The van der Waals surface area contributed by atoms with Crippen molar-refractivity contribution >= 4 is 22.0 Å². The second-order valence-electron chi connectivity index (χ2n) is 9.32. The van der Waals surface area contributed by atoms with Gasteiger partial charge in [0, 0.05) is 26.2 Å². The Balaban J connectivity index is 1.45. The van der Waals surface area contributed by atoms with E-state index in [0.717, 1.165) is 42.0 Å². The Morgan fingerprint density at radius 1 is 0.882 bits per heavy atom. The van der Waals surface area contributed by atoms with E-state index < -0.39 is 22.6 Å². The van der Waals surface area contributed by atoms with E-state index in [1.807, 2.05) is 25.1 Å². The maximum atomic E-state index is 13.4. The predicted octanol–water partition coefficient (Wildman–Crippen LogP) is 3.68. The highest BCUT2D eigenvalue weighted by Crippen LogP contribution is 2.24. The lowest BCUT2D eigenvalue weighted by atomic mass is 9.90. The molecule has 4 rings (SSSR count). The Labute approximate surface area is 202 Å². The van der Waals surface area contributed by atoms with Crippen LogP contribution in [0.1, 0.15) is 36.8 Å². The highest BCUT2D eigenvalue weighted by Gasteiger charge is 2.36. The zero-order valence-electron chi connectivity index (χ0n) is 19.7. The number of piperidine rings is 1. The second kappa shape index (κ2) is 10.6. The van der Waals surface area contributed by atoms with Crippen molar-refractivity contribution in [2.75, 3.05) is 32.7 Å². The van der Waals surface area contributed by atoms with E-state index in [1.165, 1.54) is 22.6 Å². The highest BCUT2D eigenvalue weighted by molar-refractivity contribution is 7.89. The second-order valence-corrected chi connectivity index (χ2v) is 11.2. The molecule has 2 aromatic carbocycles. The van der Waals surface area contributed by atoms with Crippen molar-refractivity contribution in [1.29, 1.82) is 0 Å². The van der Waals surface area contributed by atoms with Crippen molar-refractivity contribution in [3.63, 3.8) is 0 Å². The van der Waals surface area contributed by atoms with Gasteiger partial charge in [0.2, 0.25) is 5.91 Å². The summed E-state index contributed by atoms with van der Waals surface area (Å²) in [6, 6.07) is 16.1. The maximum absolute atomic E-state index is 13.4. The minimum absolute atomic E-state index is 0.0278. The Kier molecular flexibility index (Phi) is 7.56. The molecule has 2 aromatic rings. The average molecular weight is 484 g/mol. The molecule has 8 heteroatoms. The summed E-state index contributed by atoms with van der Waals surface area (Å²) in [5, 5.41) is 0. The summed E-state index contributed by atoms with van der Waals surface area (Å²) < 4.78 is 27.6. The van der Waals surface area contributed by atoms with E-state index in [2.05, 4.69) is 12.1 Å². The number of aryl methyl sites for hydroxylation is 1. The summed E-state index contributed by atoms with van der Waals surface area (Å²) in [5.74, 6) is 0.173. The molecule has 34 heavy (non-hydrogen) atoms. The first kappa shape index (κ1) is 24.3. The lowest BCUT2D eigenvalue weighted by Crippen LogP contribution is -2.51. The van der Waals surface area contributed by atoms with Crippen LogP contribution in [0.4, 0.5) is 4.79 Å². The predicted molar refractivity (Wildman–Crippen MR) is 131 cm³/mol. The largest absolute Gasteiger partial charge is 0.341 e. The van der Waals surface area contributed by atoms with Gasteiger partial charge in [-0.3, -0.25) is 4.79 Å². The third-order valence-corrected chi connectivity index (χ3v) is 8.55. The van der Waals surface area contributed by atoms with E-state index >= 15 is 0 Å². The van der Waals surface area contributed by atoms with E-state index in [4.69, 9.17) is 0 Å². The fraction of sp³-hybridized carbons (Fsp3) is 0.462. The summed E-state index contributed by atoms with van der Waals surface area (Å²) in [6.07, 6.45) is 4.39. The number of rotatable bonds is 6. The van der Waals surface area contributed by atoms with Gasteiger partial charge in [-0.2, -0.15) is 0 Å². The van der Waals surface area contributed by atoms with Gasteiger partial charge < -0.3 is 9.80 Å². The number of likely N-dealkylation sites (tertiary alicyclic amines) is 2. The Morgan fingerprint density at radius 2 is 1.50 bits per heavy atom. The molecule has 182 valence electrons. The van der Waals surface area contributed by atoms with Crippen LogP contribution in [-0.4, -0.2) is 67.2 Å². The number of hydrogen-bond donors (Lipinski definition) is 0. The lowest BCUT2D eigenvalue weighted by molar-refractivity contribution is -0.132. The lowest BCUT2D eigenvalue weighted by Gasteiger charge is -2.34. The number of urea groups is 1. The van der Waals surface area contributed by atoms with E-state index in [0.29, 0.717) is 32.1 Å². The van der Waals surface area contributed by atoms with Gasteiger partial charge in [-0.15, -0.1) is 0 Å². The monoisotopic (exact) mass is 483 g/mol. The summed E-state index contributed by atoms with van der Waals surface area (Å²) in [7, 11) is -4.15. The fourth-order valence-corrected chi connectivity index (χ4v) is 6.05. The smallest absolute Gasteiger partial charge is 0.334 e. The van der Waals surface area contributed by atoms with Crippen molar-refractivity contribution in [3.8, 4) is 0 Å². The molecule has 2 fully saturated rings. The molecule has 0 saturated carbocycles. The first-order valence-electron chi connectivity index (χ1n) is 12.0. The van der Waals surface area contributed by atoms with Crippen molar-refractivity contribution in [2.24, 2.45) is 5.92 Å². The minimum atomic E-state index is -4.15. The first-order chi connectivity index (χ1) is 16.3. The van der Waals surface area contributed by atoms with Crippen LogP contribution in [0.25, 0.3) is 0 Å². The number of sulfonamides is 1. The van der Waals surface area contributed by atoms with Gasteiger partial charge in [0.05, 0.1) is 4.90 Å². The van der Waals surface area contributed by atoms with Crippen LogP contribution in [-0.2, 0) is 21.2 Å². The summed E-state index contributed by atoms with van der Waals surface area (Å²) in [4.78, 5) is 29.6. The van der Waals surface area contributed by atoms with E-state index in [1.54, 1.807) is 17.0 Å². The molecule has 0 atom stereocenters. The summed E-state index contributed by atoms with van der Waals surface area (Å²) in [5.41, 5.74) is 2.21. The number of amides is 3. The van der Waals surface area contributed by atoms with Crippen molar-refractivity contribution in [1.82, 2.24) is 14.1 Å². The maximum Gasteiger partial charge on any atom is 0.334 e. The highest BCUT2D eigenvalue weighted by atomic mass is 32.2. The Morgan fingerprint density at radius 3 is 2.12 bits per heavy atom. The molecule has 2 aliphatic rings.